The topological polar surface area (TPSA) is 128 Å². The minimum atomic E-state index is -3.43. The van der Waals surface area contributed by atoms with E-state index in [1.165, 1.54) is 15.5 Å². The molecule has 1 aromatic heterocycles. The van der Waals surface area contributed by atoms with Crippen LogP contribution in [0.15, 0.2) is 18.2 Å². The average Bonchev–Trinajstić information content (AvgIpc) is 3.35. The summed E-state index contributed by atoms with van der Waals surface area (Å²) in [5.74, 6) is 7.83. The van der Waals surface area contributed by atoms with Crippen molar-refractivity contribution in [3.8, 4) is 23.1 Å². The van der Waals surface area contributed by atoms with Gasteiger partial charge in [0, 0.05) is 60.9 Å². The zero-order valence-corrected chi connectivity index (χ0v) is 28.1. The second-order valence-corrected chi connectivity index (χ2v) is 15.7. The molecule has 45 heavy (non-hydrogen) atoms. The van der Waals surface area contributed by atoms with Crippen LogP contribution in [-0.4, -0.2) is 88.3 Å². The van der Waals surface area contributed by atoms with Crippen molar-refractivity contribution in [3.63, 3.8) is 0 Å². The quantitative estimate of drug-likeness (QED) is 0.358. The van der Waals surface area contributed by atoms with Crippen LogP contribution in [0.25, 0.3) is 11.3 Å². The van der Waals surface area contributed by atoms with E-state index in [0.717, 1.165) is 62.0 Å². The number of amides is 1. The third kappa shape index (κ3) is 8.22. The van der Waals surface area contributed by atoms with E-state index in [4.69, 9.17) is 16.7 Å². The molecule has 0 radical (unpaired) electrons. The number of nitrogens with zero attached hydrogens (tertiary/aromatic N) is 4. The number of hydrogen-bond donors (Lipinski definition) is 3. The molecule has 3 N–H and O–H groups in total. The highest BCUT2D eigenvalue weighted by Crippen LogP contribution is 2.36. The molecule has 246 valence electrons. The van der Waals surface area contributed by atoms with E-state index < -0.39 is 22.2 Å². The number of aliphatic hydroxyl groups is 1. The number of fused-ring (bicyclic) bond motifs is 1. The Morgan fingerprint density at radius 3 is 2.62 bits per heavy atom. The van der Waals surface area contributed by atoms with Gasteiger partial charge in [-0.05, 0) is 75.1 Å². The highest BCUT2D eigenvalue weighted by atomic mass is 35.5. The van der Waals surface area contributed by atoms with Gasteiger partial charge in [-0.25, -0.2) is 13.2 Å². The van der Waals surface area contributed by atoms with E-state index in [2.05, 4.69) is 31.0 Å². The zero-order chi connectivity index (χ0) is 32.3. The van der Waals surface area contributed by atoms with Crippen molar-refractivity contribution in [2.24, 2.45) is 17.8 Å². The van der Waals surface area contributed by atoms with Gasteiger partial charge in [0.15, 0.2) is 0 Å². The summed E-state index contributed by atoms with van der Waals surface area (Å²) in [6.45, 7) is 7.40. The van der Waals surface area contributed by atoms with E-state index in [-0.39, 0.29) is 19.1 Å². The van der Waals surface area contributed by atoms with Crippen LogP contribution in [0.1, 0.15) is 69.2 Å². The van der Waals surface area contributed by atoms with E-state index >= 15 is 0 Å². The van der Waals surface area contributed by atoms with E-state index in [0.29, 0.717) is 60.0 Å². The van der Waals surface area contributed by atoms with Crippen molar-refractivity contribution in [2.75, 3.05) is 32.4 Å². The summed E-state index contributed by atoms with van der Waals surface area (Å²) < 4.78 is 28.3. The number of carboxylic acid groups (broad SMARTS) is 1. The van der Waals surface area contributed by atoms with Gasteiger partial charge in [-0.15, -0.1) is 0 Å². The Hall–Kier alpha value is -2.62. The lowest BCUT2D eigenvalue weighted by Gasteiger charge is -2.42. The van der Waals surface area contributed by atoms with Crippen LogP contribution in [0.4, 0.5) is 4.79 Å². The van der Waals surface area contributed by atoms with E-state index in [1.807, 2.05) is 12.1 Å². The number of aliphatic hydroxyl groups excluding tert-OH is 1. The van der Waals surface area contributed by atoms with Gasteiger partial charge in [-0.3, -0.25) is 4.68 Å². The SMILES string of the molecule is CC(C)CC#Cc1cc(-c2nn(C[C@@H](O)CC3CC(C4CCNCC4)CCN3C(=O)O)c3c2CN(S(C)(=O)=O)CC3)ccc1Cl. The van der Waals surface area contributed by atoms with Crippen molar-refractivity contribution >= 4 is 27.7 Å². The highest BCUT2D eigenvalue weighted by Gasteiger charge is 2.37. The second kappa shape index (κ2) is 14.4. The molecule has 5 rings (SSSR count). The number of sulfonamides is 1. The molecular formula is C33H46ClN5O5S. The molecule has 0 aliphatic carbocycles. The smallest absolute Gasteiger partial charge is 0.407 e. The first-order valence-corrected chi connectivity index (χ1v) is 18.3. The Morgan fingerprint density at radius 1 is 1.18 bits per heavy atom. The first kappa shape index (κ1) is 33.7. The Kier molecular flexibility index (Phi) is 10.8. The zero-order valence-electron chi connectivity index (χ0n) is 26.5. The number of nitrogens with one attached hydrogen (secondary N) is 1. The van der Waals surface area contributed by atoms with Gasteiger partial charge in [0.05, 0.1) is 29.6 Å². The van der Waals surface area contributed by atoms with Crippen molar-refractivity contribution in [2.45, 2.75) is 84.0 Å². The Morgan fingerprint density at radius 2 is 1.93 bits per heavy atom. The molecule has 2 unspecified atom stereocenters. The van der Waals surface area contributed by atoms with Gasteiger partial charge >= 0.3 is 6.09 Å². The van der Waals surface area contributed by atoms with Crippen molar-refractivity contribution in [3.05, 3.63) is 40.0 Å². The number of benzene rings is 1. The third-order valence-corrected chi connectivity index (χ3v) is 11.1. The number of halogens is 1. The molecule has 10 nitrogen and oxygen atoms in total. The fourth-order valence-electron chi connectivity index (χ4n) is 7.14. The summed E-state index contributed by atoms with van der Waals surface area (Å²) in [4.78, 5) is 13.6. The van der Waals surface area contributed by atoms with Crippen molar-refractivity contribution in [1.29, 1.82) is 0 Å². The first-order chi connectivity index (χ1) is 21.4. The maximum absolute atomic E-state index is 12.5. The molecule has 2 aromatic rings. The molecule has 4 heterocycles. The molecule has 0 bridgehead atoms. The summed E-state index contributed by atoms with van der Waals surface area (Å²) in [6, 6.07) is 5.29. The minimum Gasteiger partial charge on any atom is -0.465 e. The highest BCUT2D eigenvalue weighted by molar-refractivity contribution is 7.88. The molecule has 12 heteroatoms. The molecule has 2 fully saturated rings. The number of carbonyl (C=O) groups is 1. The van der Waals surface area contributed by atoms with Crippen LogP contribution in [0, 0.1) is 29.6 Å². The molecule has 0 spiro atoms. The van der Waals surface area contributed by atoms with Gasteiger partial charge < -0.3 is 20.4 Å². The number of hydrogen-bond acceptors (Lipinski definition) is 6. The normalized spacial score (nSPS) is 22.1. The third-order valence-electron chi connectivity index (χ3n) is 9.52. The fraction of sp³-hybridized carbons (Fsp3) is 0.636. The van der Waals surface area contributed by atoms with Gasteiger partial charge in [-0.1, -0.05) is 43.4 Å². The summed E-state index contributed by atoms with van der Waals surface area (Å²) >= 11 is 6.49. The maximum atomic E-state index is 12.5. The van der Waals surface area contributed by atoms with E-state index in [1.54, 1.807) is 10.7 Å². The number of piperidine rings is 2. The van der Waals surface area contributed by atoms with Crippen LogP contribution in [-0.2, 0) is 29.5 Å². The van der Waals surface area contributed by atoms with Crippen LogP contribution in [0.3, 0.4) is 0 Å². The summed E-state index contributed by atoms with van der Waals surface area (Å²) in [5, 5.41) is 30.2. The van der Waals surface area contributed by atoms with Crippen LogP contribution in [0.2, 0.25) is 5.02 Å². The minimum absolute atomic E-state index is 0.184. The van der Waals surface area contributed by atoms with Gasteiger partial charge in [0.2, 0.25) is 10.0 Å². The van der Waals surface area contributed by atoms with Gasteiger partial charge in [-0.2, -0.15) is 9.40 Å². The number of aromatic nitrogens is 2. The van der Waals surface area contributed by atoms with Crippen molar-refractivity contribution in [1.82, 2.24) is 24.3 Å². The van der Waals surface area contributed by atoms with Gasteiger partial charge in [0.1, 0.15) is 0 Å². The fourth-order valence-corrected chi connectivity index (χ4v) is 8.09. The lowest BCUT2D eigenvalue weighted by Crippen LogP contribution is -2.49. The summed E-state index contributed by atoms with van der Waals surface area (Å²) in [7, 11) is -3.43. The molecule has 3 aliphatic rings. The average molecular weight is 660 g/mol. The molecule has 3 aliphatic heterocycles. The molecular weight excluding hydrogens is 614 g/mol. The second-order valence-electron chi connectivity index (χ2n) is 13.3. The Balaban J connectivity index is 1.41. The maximum Gasteiger partial charge on any atom is 0.407 e. The predicted molar refractivity (Wildman–Crippen MR) is 175 cm³/mol. The lowest BCUT2D eigenvalue weighted by atomic mass is 9.76. The van der Waals surface area contributed by atoms with Crippen molar-refractivity contribution < 1.29 is 23.4 Å². The molecule has 0 saturated carbocycles. The summed E-state index contributed by atoms with van der Waals surface area (Å²) in [5.41, 5.74) is 3.80. The number of rotatable bonds is 8. The van der Waals surface area contributed by atoms with Crippen LogP contribution in [0.5, 0.6) is 0 Å². The Labute approximate surface area is 272 Å². The largest absolute Gasteiger partial charge is 0.465 e. The van der Waals surface area contributed by atoms with E-state index in [9.17, 15) is 23.4 Å². The van der Waals surface area contributed by atoms with Crippen LogP contribution >= 0.6 is 11.6 Å². The standard InChI is InChI=1S/C33H46ClN5O5S/c1-22(2)5-4-6-25-17-26(7-8-30(25)34)32-29-21-37(45(3,43)44)15-12-31(29)39(36-32)20-28(40)19-27-18-24(11-16-38(27)33(41)42)23-9-13-35-14-10-23/h7-8,17,22-24,27-28,35,40H,5,9-16,18-21H2,1-3H3,(H,41,42)/t24?,27?,28-/m0/s1. The first-order valence-electron chi connectivity index (χ1n) is 16.1. The summed E-state index contributed by atoms with van der Waals surface area (Å²) in [6.07, 6.45) is 4.80. The predicted octanol–water partition coefficient (Wildman–Crippen LogP) is 4.43. The molecule has 1 amide bonds. The van der Waals surface area contributed by atoms with Gasteiger partial charge in [0.25, 0.3) is 0 Å². The Bertz CT molecular complexity index is 1540. The molecule has 2 saturated heterocycles. The lowest BCUT2D eigenvalue weighted by molar-refractivity contribution is 0.0366. The molecule has 3 atom stereocenters. The number of likely N-dealkylation sites (tertiary alicyclic amines) is 1. The molecule has 1 aromatic carbocycles. The van der Waals surface area contributed by atoms with Crippen LogP contribution < -0.4 is 5.32 Å². The monoisotopic (exact) mass is 659 g/mol.